The van der Waals surface area contributed by atoms with E-state index < -0.39 is 40.4 Å². The highest BCUT2D eigenvalue weighted by molar-refractivity contribution is 5.94. The van der Waals surface area contributed by atoms with Crippen LogP contribution in [0.15, 0.2) is 29.5 Å². The maximum atomic E-state index is 13.0. The second-order valence-electron chi connectivity index (χ2n) is 7.89. The number of urea groups is 1. The molecule has 0 bridgehead atoms. The number of nitro groups is 1. The summed E-state index contributed by atoms with van der Waals surface area (Å²) in [5, 5.41) is 16.8. The molecule has 2 aliphatic rings. The summed E-state index contributed by atoms with van der Waals surface area (Å²) in [6, 6.07) is 1.60. The van der Waals surface area contributed by atoms with Gasteiger partial charge >= 0.3 is 18.2 Å². The summed E-state index contributed by atoms with van der Waals surface area (Å²) in [7, 11) is 0. The zero-order valence-corrected chi connectivity index (χ0v) is 18.8. The fourth-order valence-corrected chi connectivity index (χ4v) is 4.07. The molecule has 1 saturated heterocycles. The molecule has 2 amide bonds. The summed E-state index contributed by atoms with van der Waals surface area (Å²) in [4.78, 5) is 38.8. The molecule has 0 spiro atoms. The molecule has 10 nitrogen and oxygen atoms in total. The largest absolute Gasteiger partial charge is 0.463 e. The highest BCUT2D eigenvalue weighted by Crippen LogP contribution is 2.36. The van der Waals surface area contributed by atoms with Gasteiger partial charge in [0, 0.05) is 44.5 Å². The van der Waals surface area contributed by atoms with Crippen LogP contribution in [0.25, 0.3) is 0 Å². The molecule has 0 radical (unpaired) electrons. The summed E-state index contributed by atoms with van der Waals surface area (Å²) in [6.45, 7) is 5.42. The van der Waals surface area contributed by atoms with Crippen molar-refractivity contribution in [1.82, 2.24) is 15.5 Å². The van der Waals surface area contributed by atoms with Crippen molar-refractivity contribution in [3.63, 3.8) is 0 Å². The molecule has 2 aliphatic heterocycles. The molecule has 2 heterocycles. The van der Waals surface area contributed by atoms with Crippen LogP contribution in [0.3, 0.4) is 0 Å². The number of nitrogens with one attached hydrogen (secondary N) is 2. The number of benzene rings is 1. The lowest BCUT2D eigenvalue weighted by molar-refractivity contribution is -0.384. The van der Waals surface area contributed by atoms with Crippen molar-refractivity contribution < 1.29 is 32.4 Å². The number of piperazine rings is 1. The monoisotopic (exact) mass is 485 g/mol. The third kappa shape index (κ3) is 5.58. The highest BCUT2D eigenvalue weighted by atomic mass is 19.4. The van der Waals surface area contributed by atoms with E-state index in [1.165, 1.54) is 0 Å². The van der Waals surface area contributed by atoms with Crippen LogP contribution in [0.5, 0.6) is 0 Å². The number of esters is 1. The Morgan fingerprint density at radius 2 is 1.91 bits per heavy atom. The van der Waals surface area contributed by atoms with Gasteiger partial charge in [-0.05, 0) is 25.5 Å². The molecule has 0 aromatic heterocycles. The second-order valence-corrected chi connectivity index (χ2v) is 7.89. The van der Waals surface area contributed by atoms with Crippen LogP contribution >= 0.6 is 0 Å². The minimum Gasteiger partial charge on any atom is -0.463 e. The van der Waals surface area contributed by atoms with Crippen molar-refractivity contribution in [2.24, 2.45) is 0 Å². The molecule has 1 aromatic carbocycles. The Morgan fingerprint density at radius 1 is 1.24 bits per heavy atom. The van der Waals surface area contributed by atoms with E-state index in [9.17, 15) is 32.9 Å². The highest BCUT2D eigenvalue weighted by Gasteiger charge is 2.35. The number of anilines is 1. The van der Waals surface area contributed by atoms with Gasteiger partial charge in [-0.15, -0.1) is 0 Å². The number of carbonyl (C=O) groups excluding carboxylic acids is 2. The molecule has 0 aliphatic carbocycles. The second kappa shape index (κ2) is 10.3. The van der Waals surface area contributed by atoms with Gasteiger partial charge in [0.2, 0.25) is 0 Å². The Hall–Kier alpha value is -3.35. The predicted octanol–water partition coefficient (Wildman–Crippen LogP) is 2.64. The maximum Gasteiger partial charge on any atom is 0.416 e. The van der Waals surface area contributed by atoms with Crippen LogP contribution in [-0.2, 0) is 15.7 Å². The van der Waals surface area contributed by atoms with E-state index >= 15 is 0 Å². The molecule has 13 heteroatoms. The van der Waals surface area contributed by atoms with Gasteiger partial charge in [0.05, 0.1) is 28.7 Å². The first-order chi connectivity index (χ1) is 16.0. The first-order valence-electron chi connectivity index (χ1n) is 10.9. The molecule has 1 aromatic rings. The number of carbonyl (C=O) groups is 2. The van der Waals surface area contributed by atoms with Crippen molar-refractivity contribution in [3.8, 4) is 0 Å². The van der Waals surface area contributed by atoms with Crippen LogP contribution < -0.4 is 15.5 Å². The van der Waals surface area contributed by atoms with Crippen LogP contribution in [-0.4, -0.2) is 67.2 Å². The smallest absolute Gasteiger partial charge is 0.416 e. The van der Waals surface area contributed by atoms with Crippen molar-refractivity contribution in [1.29, 1.82) is 0 Å². The lowest BCUT2D eigenvalue weighted by Gasteiger charge is -2.37. The summed E-state index contributed by atoms with van der Waals surface area (Å²) in [6.07, 6.45) is -4.18. The fourth-order valence-electron chi connectivity index (χ4n) is 4.07. The van der Waals surface area contributed by atoms with Crippen LogP contribution in [0.2, 0.25) is 0 Å². The van der Waals surface area contributed by atoms with Crippen molar-refractivity contribution in [2.45, 2.75) is 32.5 Å². The van der Waals surface area contributed by atoms with Gasteiger partial charge in [0.1, 0.15) is 5.69 Å². The molecular weight excluding hydrogens is 459 g/mol. The SMILES string of the molecule is CCOC(=O)C1=C(CN2CCN(c3ccc(C(F)(F)F)cc3[N+](=O)[O-])CC2)NC(=O)N[C@H]1CC. The lowest BCUT2D eigenvalue weighted by Crippen LogP contribution is -2.54. The average Bonchev–Trinajstić information content (AvgIpc) is 2.78. The molecule has 2 N–H and O–H groups in total. The third-order valence-corrected chi connectivity index (χ3v) is 5.74. The lowest BCUT2D eigenvalue weighted by atomic mass is 10.00. The predicted molar refractivity (Wildman–Crippen MR) is 116 cm³/mol. The van der Waals surface area contributed by atoms with Gasteiger partial charge < -0.3 is 20.3 Å². The Labute approximate surface area is 193 Å². The fraction of sp³-hybridized carbons (Fsp3) is 0.524. The van der Waals surface area contributed by atoms with E-state index in [4.69, 9.17) is 4.74 Å². The van der Waals surface area contributed by atoms with Gasteiger partial charge in [-0.3, -0.25) is 15.0 Å². The van der Waals surface area contributed by atoms with Gasteiger partial charge in [-0.2, -0.15) is 13.2 Å². The van der Waals surface area contributed by atoms with Crippen LogP contribution in [0, 0.1) is 10.1 Å². The summed E-state index contributed by atoms with van der Waals surface area (Å²) in [5.41, 5.74) is -0.780. The van der Waals surface area contributed by atoms with E-state index in [1.54, 1.807) is 11.8 Å². The standard InChI is InChI=1S/C21H26F3N5O5/c1-3-14-18(19(30)34-4-2)15(26-20(31)25-14)12-27-7-9-28(10-8-27)16-6-5-13(21(22,23)24)11-17(16)29(32)33/h5-6,11,14H,3-4,7-10,12H2,1-2H3,(H2,25,26,31)/t14-/m0/s1. The maximum absolute atomic E-state index is 13.0. The number of ether oxygens (including phenoxy) is 1. The van der Waals surface area contributed by atoms with Crippen LogP contribution in [0.1, 0.15) is 25.8 Å². The number of amides is 2. The Morgan fingerprint density at radius 3 is 2.47 bits per heavy atom. The molecule has 186 valence electrons. The van der Waals surface area contributed by atoms with E-state index in [0.717, 1.165) is 12.1 Å². The van der Waals surface area contributed by atoms with E-state index in [-0.39, 0.29) is 18.8 Å². The number of rotatable bonds is 7. The number of nitrogens with zero attached hydrogens (tertiary/aromatic N) is 3. The topological polar surface area (TPSA) is 117 Å². The molecular formula is C21H26F3N5O5. The molecule has 34 heavy (non-hydrogen) atoms. The van der Waals surface area contributed by atoms with Gasteiger partial charge in [0.25, 0.3) is 5.69 Å². The third-order valence-electron chi connectivity index (χ3n) is 5.74. The van der Waals surface area contributed by atoms with Crippen molar-refractivity contribution in [3.05, 3.63) is 45.1 Å². The molecule has 1 fully saturated rings. The van der Waals surface area contributed by atoms with Gasteiger partial charge in [0.15, 0.2) is 0 Å². The van der Waals surface area contributed by atoms with E-state index in [1.807, 2.05) is 11.8 Å². The Bertz CT molecular complexity index is 990. The van der Waals surface area contributed by atoms with Crippen molar-refractivity contribution >= 4 is 23.4 Å². The average molecular weight is 485 g/mol. The molecule has 1 atom stereocenters. The minimum atomic E-state index is -4.68. The number of nitro benzene ring substituents is 1. The van der Waals surface area contributed by atoms with Gasteiger partial charge in [-0.1, -0.05) is 6.92 Å². The molecule has 3 rings (SSSR count). The van der Waals surface area contributed by atoms with Crippen molar-refractivity contribution in [2.75, 3.05) is 44.2 Å². The Balaban J connectivity index is 1.76. The number of hydrogen-bond donors (Lipinski definition) is 2. The number of halogens is 3. The molecule has 0 unspecified atom stereocenters. The Kier molecular flexibility index (Phi) is 7.64. The quantitative estimate of drug-likeness (QED) is 0.346. The summed E-state index contributed by atoms with van der Waals surface area (Å²) < 4.78 is 44.1. The summed E-state index contributed by atoms with van der Waals surface area (Å²) in [5.74, 6) is -0.518. The van der Waals surface area contributed by atoms with E-state index in [0.29, 0.717) is 49.9 Å². The first-order valence-corrected chi connectivity index (χ1v) is 10.9. The molecule has 0 saturated carbocycles. The first kappa shape index (κ1) is 25.3. The zero-order chi connectivity index (χ0) is 25.0. The normalized spacial score (nSPS) is 19.5. The minimum absolute atomic E-state index is 0.116. The van der Waals surface area contributed by atoms with Crippen LogP contribution in [0.4, 0.5) is 29.3 Å². The zero-order valence-electron chi connectivity index (χ0n) is 18.8. The summed E-state index contributed by atoms with van der Waals surface area (Å²) >= 11 is 0. The van der Waals surface area contributed by atoms with Gasteiger partial charge in [-0.25, -0.2) is 9.59 Å². The number of alkyl halides is 3. The van der Waals surface area contributed by atoms with E-state index in [2.05, 4.69) is 10.6 Å². The number of hydrogen-bond acceptors (Lipinski definition) is 7.